The molecule has 4 aromatic rings. The van der Waals surface area contributed by atoms with Gasteiger partial charge >= 0.3 is 0 Å². The van der Waals surface area contributed by atoms with E-state index in [1.807, 2.05) is 86.6 Å². The van der Waals surface area contributed by atoms with Gasteiger partial charge < -0.3 is 9.47 Å². The fourth-order valence-corrected chi connectivity index (χ4v) is 4.35. The summed E-state index contributed by atoms with van der Waals surface area (Å²) in [7, 11) is 1.61. The zero-order valence-electron chi connectivity index (χ0n) is 20.8. The quantitative estimate of drug-likeness (QED) is 0.241. The minimum Gasteiger partial charge on any atom is -0.497 e. The molecule has 1 aliphatic heterocycles. The highest BCUT2D eigenvalue weighted by Crippen LogP contribution is 2.37. The van der Waals surface area contributed by atoms with Crippen molar-refractivity contribution in [3.63, 3.8) is 0 Å². The minimum atomic E-state index is -0.877. The van der Waals surface area contributed by atoms with Crippen LogP contribution >= 0.6 is 0 Å². The summed E-state index contributed by atoms with van der Waals surface area (Å²) in [5.41, 5.74) is 2.26. The lowest BCUT2D eigenvalue weighted by Crippen LogP contribution is -2.45. The van der Waals surface area contributed by atoms with Crippen LogP contribution in [0.15, 0.2) is 97.1 Å². The van der Waals surface area contributed by atoms with E-state index in [0.29, 0.717) is 33.9 Å². The lowest BCUT2D eigenvalue weighted by molar-refractivity contribution is 0.0475. The Morgan fingerprint density at radius 3 is 2.05 bits per heavy atom. The second kappa shape index (κ2) is 9.67. The molecule has 5 rings (SSSR count). The second-order valence-corrected chi connectivity index (χ2v) is 9.19. The molecule has 182 valence electrons. The Morgan fingerprint density at radius 2 is 1.32 bits per heavy atom. The fraction of sp³-hybridized carbons (Fsp3) is 0.125. The van der Waals surface area contributed by atoms with Crippen LogP contribution in [-0.2, 0) is 5.54 Å². The van der Waals surface area contributed by atoms with Gasteiger partial charge in [-0.2, -0.15) is 0 Å². The molecule has 0 saturated heterocycles. The summed E-state index contributed by atoms with van der Waals surface area (Å²) < 4.78 is 11.2. The summed E-state index contributed by atoms with van der Waals surface area (Å²) >= 11 is 0. The Hall–Kier alpha value is -4.82. The molecular formula is C32H25NO4. The third-order valence-corrected chi connectivity index (χ3v) is 6.41. The lowest BCUT2D eigenvalue weighted by Gasteiger charge is -2.34. The number of imide groups is 1. The Bertz CT molecular complexity index is 1540. The zero-order valence-corrected chi connectivity index (χ0v) is 20.8. The minimum absolute atomic E-state index is 0.315. The summed E-state index contributed by atoms with van der Waals surface area (Å²) in [6.07, 6.45) is 0. The van der Waals surface area contributed by atoms with Crippen molar-refractivity contribution < 1.29 is 19.1 Å². The van der Waals surface area contributed by atoms with Crippen LogP contribution in [0.1, 0.15) is 51.3 Å². The first-order chi connectivity index (χ1) is 17.9. The van der Waals surface area contributed by atoms with Gasteiger partial charge in [-0.15, -0.1) is 0 Å². The molecule has 0 aliphatic carbocycles. The van der Waals surface area contributed by atoms with E-state index in [0.717, 1.165) is 11.1 Å². The Balaban J connectivity index is 1.37. The number of hydrogen-bond acceptors (Lipinski definition) is 4. The number of nitrogens with zero attached hydrogens (tertiary/aromatic N) is 1. The average Bonchev–Trinajstić information content (AvgIpc) is 3.18. The number of benzene rings is 4. The largest absolute Gasteiger partial charge is 0.497 e. The number of amides is 2. The number of fused-ring (bicyclic) bond motifs is 1. The molecule has 4 aromatic carbocycles. The van der Waals surface area contributed by atoms with E-state index < -0.39 is 5.54 Å². The van der Waals surface area contributed by atoms with Crippen LogP contribution in [-0.4, -0.2) is 23.8 Å². The van der Waals surface area contributed by atoms with Gasteiger partial charge in [0.15, 0.2) is 0 Å². The van der Waals surface area contributed by atoms with Crippen molar-refractivity contribution in [2.24, 2.45) is 0 Å². The Kier molecular flexibility index (Phi) is 6.25. The van der Waals surface area contributed by atoms with Crippen molar-refractivity contribution in [3.05, 3.63) is 125 Å². The molecule has 0 saturated carbocycles. The molecule has 2 amide bonds. The van der Waals surface area contributed by atoms with Gasteiger partial charge in [0.1, 0.15) is 17.2 Å². The van der Waals surface area contributed by atoms with Crippen LogP contribution in [0.3, 0.4) is 0 Å². The number of rotatable bonds is 5. The van der Waals surface area contributed by atoms with Crippen molar-refractivity contribution >= 4 is 11.8 Å². The van der Waals surface area contributed by atoms with E-state index in [-0.39, 0.29) is 11.8 Å². The standard InChI is InChI=1S/C32H25NO4/c1-32(2,24-15-17-25(18-16-24)37-27-11-7-10-26(21-27)36-3)33-30(34)28-19-14-23(20-29(28)31(33)35)13-12-22-8-5-4-6-9-22/h4-11,14-21H,1-3H3. The van der Waals surface area contributed by atoms with Gasteiger partial charge in [0.2, 0.25) is 0 Å². The van der Waals surface area contributed by atoms with Crippen LogP contribution in [0.5, 0.6) is 17.2 Å². The van der Waals surface area contributed by atoms with E-state index >= 15 is 0 Å². The van der Waals surface area contributed by atoms with Gasteiger partial charge in [-0.25, -0.2) is 0 Å². The highest BCUT2D eigenvalue weighted by molar-refractivity contribution is 6.22. The Morgan fingerprint density at radius 1 is 0.649 bits per heavy atom. The van der Waals surface area contributed by atoms with Gasteiger partial charge in [0.25, 0.3) is 11.8 Å². The molecule has 1 heterocycles. The highest BCUT2D eigenvalue weighted by Gasteiger charge is 2.44. The number of hydrogen-bond donors (Lipinski definition) is 0. The summed E-state index contributed by atoms with van der Waals surface area (Å²) in [5.74, 6) is 7.53. The molecule has 1 aliphatic rings. The van der Waals surface area contributed by atoms with Crippen LogP contribution in [0.25, 0.3) is 0 Å². The van der Waals surface area contributed by atoms with Crippen LogP contribution < -0.4 is 9.47 Å². The monoisotopic (exact) mass is 487 g/mol. The molecule has 5 nitrogen and oxygen atoms in total. The smallest absolute Gasteiger partial charge is 0.262 e. The van der Waals surface area contributed by atoms with Crippen LogP contribution in [0.4, 0.5) is 0 Å². The van der Waals surface area contributed by atoms with Crippen molar-refractivity contribution in [2.75, 3.05) is 7.11 Å². The van der Waals surface area contributed by atoms with Crippen molar-refractivity contribution in [2.45, 2.75) is 19.4 Å². The lowest BCUT2D eigenvalue weighted by atomic mass is 9.92. The summed E-state index contributed by atoms with van der Waals surface area (Å²) in [4.78, 5) is 28.1. The number of ether oxygens (including phenoxy) is 2. The predicted octanol–water partition coefficient (Wildman–Crippen LogP) is 6.42. The SMILES string of the molecule is COc1cccc(Oc2ccc(C(C)(C)N3C(=O)c4ccc(C#Cc5ccccc5)cc4C3=O)cc2)c1. The van der Waals surface area contributed by atoms with Gasteiger partial charge in [-0.3, -0.25) is 14.5 Å². The zero-order chi connectivity index (χ0) is 26.0. The van der Waals surface area contributed by atoms with Crippen molar-refractivity contribution in [1.82, 2.24) is 4.90 Å². The third-order valence-electron chi connectivity index (χ3n) is 6.41. The summed E-state index contributed by atoms with van der Waals surface area (Å²) in [5, 5.41) is 0. The molecule has 0 N–H and O–H groups in total. The Labute approximate surface area is 216 Å². The molecule has 5 heteroatoms. The molecule has 0 spiro atoms. The van der Waals surface area contributed by atoms with Crippen LogP contribution in [0, 0.1) is 11.8 Å². The molecule has 0 atom stereocenters. The number of carbonyl (C=O) groups is 2. The fourth-order valence-electron chi connectivity index (χ4n) is 4.35. The van der Waals surface area contributed by atoms with Gasteiger partial charge in [0, 0.05) is 17.2 Å². The first kappa shape index (κ1) is 23.9. The maximum Gasteiger partial charge on any atom is 0.262 e. The average molecular weight is 488 g/mol. The van der Waals surface area contributed by atoms with Gasteiger partial charge in [-0.1, -0.05) is 48.2 Å². The second-order valence-electron chi connectivity index (χ2n) is 9.19. The number of carbonyl (C=O) groups excluding carboxylic acids is 2. The normalized spacial score (nSPS) is 12.6. The molecule has 0 bridgehead atoms. The topological polar surface area (TPSA) is 55.8 Å². The summed E-state index contributed by atoms with van der Waals surface area (Å²) in [6, 6.07) is 29.5. The molecule has 0 radical (unpaired) electrons. The first-order valence-electron chi connectivity index (χ1n) is 11.9. The maximum absolute atomic E-state index is 13.4. The van der Waals surface area contributed by atoms with Gasteiger partial charge in [0.05, 0.1) is 23.8 Å². The van der Waals surface area contributed by atoms with Gasteiger partial charge in [-0.05, 0) is 74.0 Å². The van der Waals surface area contributed by atoms with Crippen molar-refractivity contribution in [1.29, 1.82) is 0 Å². The maximum atomic E-state index is 13.4. The molecular weight excluding hydrogens is 462 g/mol. The van der Waals surface area contributed by atoms with E-state index in [9.17, 15) is 9.59 Å². The molecule has 37 heavy (non-hydrogen) atoms. The first-order valence-corrected chi connectivity index (χ1v) is 11.9. The van der Waals surface area contributed by atoms with E-state index in [1.54, 1.807) is 31.4 Å². The molecule has 0 aromatic heterocycles. The number of methoxy groups -OCH3 is 1. The van der Waals surface area contributed by atoms with E-state index in [2.05, 4.69) is 11.8 Å². The summed E-state index contributed by atoms with van der Waals surface area (Å²) in [6.45, 7) is 3.73. The highest BCUT2D eigenvalue weighted by atomic mass is 16.5. The molecule has 0 unspecified atom stereocenters. The predicted molar refractivity (Wildman–Crippen MR) is 142 cm³/mol. The van der Waals surface area contributed by atoms with E-state index in [4.69, 9.17) is 9.47 Å². The van der Waals surface area contributed by atoms with E-state index in [1.165, 1.54) is 4.90 Å². The molecule has 0 fully saturated rings. The van der Waals surface area contributed by atoms with Crippen LogP contribution in [0.2, 0.25) is 0 Å². The van der Waals surface area contributed by atoms with Crippen molar-refractivity contribution in [3.8, 4) is 29.1 Å². The third kappa shape index (κ3) is 4.70.